The summed E-state index contributed by atoms with van der Waals surface area (Å²) in [4.78, 5) is 0. The normalized spacial score (nSPS) is 24.0. The molecule has 0 bridgehead atoms. The zero-order chi connectivity index (χ0) is 6.36. The summed E-state index contributed by atoms with van der Waals surface area (Å²) in [6.45, 7) is 2.07. The number of hydrogen-bond donors (Lipinski definition) is 0. The summed E-state index contributed by atoms with van der Waals surface area (Å²) in [5, 5.41) is 0. The lowest BCUT2D eigenvalue weighted by Gasteiger charge is -1.99. The molecule has 9 heavy (non-hydrogen) atoms. The van der Waals surface area contributed by atoms with Crippen LogP contribution in [0.4, 0.5) is 0 Å². The van der Waals surface area contributed by atoms with Gasteiger partial charge in [-0.2, -0.15) is 0 Å². The molecule has 1 rings (SSSR count). The average molecular weight is 129 g/mol. The van der Waals surface area contributed by atoms with Crippen LogP contribution in [0.3, 0.4) is 0 Å². The highest BCUT2D eigenvalue weighted by Crippen LogP contribution is 2.01. The second-order valence-corrected chi connectivity index (χ2v) is 2.18. The van der Waals surface area contributed by atoms with Gasteiger partial charge in [-0.25, -0.2) is 0 Å². The topological polar surface area (TPSA) is 18.5 Å². The quantitative estimate of drug-likeness (QED) is 0.491. The summed E-state index contributed by atoms with van der Waals surface area (Å²) in [5.74, 6) is 0. The number of ether oxygens (including phenoxy) is 2. The summed E-state index contributed by atoms with van der Waals surface area (Å²) < 4.78 is 10.2. The molecule has 0 aromatic rings. The van der Waals surface area contributed by atoms with Gasteiger partial charge in [0.25, 0.3) is 0 Å². The van der Waals surface area contributed by atoms with E-state index in [-0.39, 0.29) is 0 Å². The Morgan fingerprint density at radius 1 is 1.11 bits per heavy atom. The molecular weight excluding hydrogens is 116 g/mol. The first-order chi connectivity index (χ1) is 4.50. The molecule has 2 heteroatoms. The summed E-state index contributed by atoms with van der Waals surface area (Å²) in [7, 11) is 0. The fraction of sp³-hybridized carbons (Fsp3) is 0.857. The number of rotatable bonds is 0. The molecule has 1 fully saturated rings. The van der Waals surface area contributed by atoms with Crippen LogP contribution < -0.4 is 0 Å². The fourth-order valence-corrected chi connectivity index (χ4v) is 0.825. The Bertz CT molecular complexity index is 35.4. The van der Waals surface area contributed by atoms with E-state index in [1.807, 2.05) is 0 Å². The number of hydrogen-bond acceptors (Lipinski definition) is 2. The predicted octanol–water partition coefficient (Wildman–Crippen LogP) is 1.37. The second kappa shape index (κ2) is 4.77. The highest BCUT2D eigenvalue weighted by molar-refractivity contribution is 4.63. The van der Waals surface area contributed by atoms with Gasteiger partial charge in [0.1, 0.15) is 6.79 Å². The first kappa shape index (κ1) is 7.03. The van der Waals surface area contributed by atoms with Gasteiger partial charge < -0.3 is 9.47 Å². The molecule has 0 aromatic carbocycles. The van der Waals surface area contributed by atoms with Gasteiger partial charge in [0, 0.05) is 6.61 Å². The van der Waals surface area contributed by atoms with Gasteiger partial charge in [0.05, 0.1) is 6.61 Å². The zero-order valence-corrected chi connectivity index (χ0v) is 5.64. The first-order valence-corrected chi connectivity index (χ1v) is 3.47. The zero-order valence-electron chi connectivity index (χ0n) is 5.64. The van der Waals surface area contributed by atoms with Crippen molar-refractivity contribution in [3.63, 3.8) is 0 Å². The Labute approximate surface area is 56.2 Å². The van der Waals surface area contributed by atoms with Crippen molar-refractivity contribution in [1.82, 2.24) is 0 Å². The van der Waals surface area contributed by atoms with Crippen LogP contribution in [0, 0.1) is 6.42 Å². The van der Waals surface area contributed by atoms with Crippen molar-refractivity contribution >= 4 is 0 Å². The standard InChI is InChI=1S/C7H13O2/c1-2-4-6-9-7-8-5-3-1/h3H,1-2,4-7H2. The van der Waals surface area contributed by atoms with E-state index in [2.05, 4.69) is 6.42 Å². The summed E-state index contributed by atoms with van der Waals surface area (Å²) >= 11 is 0. The van der Waals surface area contributed by atoms with Gasteiger partial charge in [0.15, 0.2) is 0 Å². The Hall–Kier alpha value is -0.0800. The monoisotopic (exact) mass is 129 g/mol. The molecule has 0 unspecified atom stereocenters. The van der Waals surface area contributed by atoms with Crippen molar-refractivity contribution in [3.8, 4) is 0 Å². The Balaban J connectivity index is 2.02. The van der Waals surface area contributed by atoms with Crippen LogP contribution in [0.25, 0.3) is 0 Å². The van der Waals surface area contributed by atoms with E-state index < -0.39 is 0 Å². The molecule has 1 heterocycles. The lowest BCUT2D eigenvalue weighted by molar-refractivity contribution is -0.0444. The lowest BCUT2D eigenvalue weighted by Crippen LogP contribution is -1.99. The first-order valence-electron chi connectivity index (χ1n) is 3.47. The second-order valence-electron chi connectivity index (χ2n) is 2.18. The molecule has 1 radical (unpaired) electrons. The summed E-state index contributed by atoms with van der Waals surface area (Å²) in [6.07, 6.45) is 5.74. The van der Waals surface area contributed by atoms with Crippen molar-refractivity contribution in [3.05, 3.63) is 6.42 Å². The van der Waals surface area contributed by atoms with Crippen molar-refractivity contribution in [1.29, 1.82) is 0 Å². The van der Waals surface area contributed by atoms with E-state index in [1.54, 1.807) is 0 Å². The van der Waals surface area contributed by atoms with Crippen LogP contribution in [0.5, 0.6) is 0 Å². The van der Waals surface area contributed by atoms with Crippen molar-refractivity contribution in [2.24, 2.45) is 0 Å². The molecule has 0 aromatic heterocycles. The van der Waals surface area contributed by atoms with Gasteiger partial charge in [0.2, 0.25) is 0 Å². The van der Waals surface area contributed by atoms with Gasteiger partial charge in [-0.1, -0.05) is 6.42 Å². The van der Waals surface area contributed by atoms with E-state index in [0.717, 1.165) is 13.2 Å². The van der Waals surface area contributed by atoms with Crippen LogP contribution in [0.1, 0.15) is 19.3 Å². The minimum atomic E-state index is 0.469. The minimum absolute atomic E-state index is 0.469. The molecule has 0 amide bonds. The molecule has 1 aliphatic heterocycles. The largest absolute Gasteiger partial charge is 0.355 e. The van der Waals surface area contributed by atoms with Crippen LogP contribution in [-0.2, 0) is 9.47 Å². The highest BCUT2D eigenvalue weighted by Gasteiger charge is 1.95. The summed E-state index contributed by atoms with van der Waals surface area (Å²) in [6, 6.07) is 0. The van der Waals surface area contributed by atoms with Crippen LogP contribution in [0.15, 0.2) is 0 Å². The van der Waals surface area contributed by atoms with Gasteiger partial charge in [-0.15, -0.1) is 0 Å². The molecule has 53 valence electrons. The van der Waals surface area contributed by atoms with Gasteiger partial charge in [-0.05, 0) is 19.3 Å². The third-order valence-corrected chi connectivity index (χ3v) is 1.35. The van der Waals surface area contributed by atoms with Gasteiger partial charge >= 0.3 is 0 Å². The van der Waals surface area contributed by atoms with Crippen molar-refractivity contribution in [2.75, 3.05) is 20.0 Å². The fourth-order valence-electron chi connectivity index (χ4n) is 0.825. The smallest absolute Gasteiger partial charge is 0.146 e. The third-order valence-electron chi connectivity index (χ3n) is 1.35. The SMILES string of the molecule is [CH]1CCCCOCOC1. The van der Waals surface area contributed by atoms with E-state index in [0.29, 0.717) is 6.79 Å². The molecule has 0 atom stereocenters. The molecule has 0 aliphatic carbocycles. The van der Waals surface area contributed by atoms with Crippen molar-refractivity contribution in [2.45, 2.75) is 19.3 Å². The van der Waals surface area contributed by atoms with Crippen LogP contribution in [-0.4, -0.2) is 20.0 Å². The molecule has 0 N–H and O–H groups in total. The van der Waals surface area contributed by atoms with Gasteiger partial charge in [-0.3, -0.25) is 0 Å². The van der Waals surface area contributed by atoms with E-state index in [4.69, 9.17) is 9.47 Å². The maximum Gasteiger partial charge on any atom is 0.146 e. The van der Waals surface area contributed by atoms with E-state index in [1.165, 1.54) is 19.3 Å². The minimum Gasteiger partial charge on any atom is -0.355 e. The maximum absolute atomic E-state index is 5.11. The van der Waals surface area contributed by atoms with Crippen molar-refractivity contribution < 1.29 is 9.47 Å². The predicted molar refractivity (Wildman–Crippen MR) is 34.9 cm³/mol. The van der Waals surface area contributed by atoms with Crippen LogP contribution >= 0.6 is 0 Å². The molecule has 2 nitrogen and oxygen atoms in total. The third kappa shape index (κ3) is 3.49. The van der Waals surface area contributed by atoms with E-state index >= 15 is 0 Å². The maximum atomic E-state index is 5.11. The Morgan fingerprint density at radius 3 is 3.11 bits per heavy atom. The summed E-state index contributed by atoms with van der Waals surface area (Å²) in [5.41, 5.74) is 0. The molecule has 0 spiro atoms. The Morgan fingerprint density at radius 2 is 2.11 bits per heavy atom. The Kier molecular flexibility index (Phi) is 3.72. The molecular formula is C7H13O2. The molecule has 1 saturated heterocycles. The molecule has 1 aliphatic rings. The lowest BCUT2D eigenvalue weighted by atomic mass is 10.2. The van der Waals surface area contributed by atoms with Crippen LogP contribution in [0.2, 0.25) is 0 Å². The average Bonchev–Trinajstić information content (AvgIpc) is 2.00. The van der Waals surface area contributed by atoms with E-state index in [9.17, 15) is 0 Å². The molecule has 0 saturated carbocycles. The highest BCUT2D eigenvalue weighted by atomic mass is 16.7.